The maximum atomic E-state index is 5.67. The van der Waals surface area contributed by atoms with Gasteiger partial charge in [0, 0.05) is 11.3 Å². The van der Waals surface area contributed by atoms with Gasteiger partial charge >= 0.3 is 0 Å². The lowest BCUT2D eigenvalue weighted by Crippen LogP contribution is -2.35. The highest BCUT2D eigenvalue weighted by atomic mass is 32.2. The summed E-state index contributed by atoms with van der Waals surface area (Å²) in [5, 5.41) is 0.602. The second-order valence-corrected chi connectivity index (χ2v) is 7.33. The number of hydrogen-bond acceptors (Lipinski definition) is 7. The zero-order valence-electron chi connectivity index (χ0n) is 15.3. The minimum atomic E-state index is 0.231. The molecule has 2 N–H and O–H groups in total. The molecule has 0 atom stereocenters. The van der Waals surface area contributed by atoms with Crippen LogP contribution in [0.25, 0.3) is 0 Å². The first kappa shape index (κ1) is 17.5. The second kappa shape index (κ2) is 7.36. The average molecular weight is 376 g/mol. The van der Waals surface area contributed by atoms with Crippen molar-refractivity contribution in [3.63, 3.8) is 0 Å². The van der Waals surface area contributed by atoms with Crippen LogP contribution in [-0.4, -0.2) is 26.5 Å². The van der Waals surface area contributed by atoms with E-state index in [4.69, 9.17) is 10.7 Å². The van der Waals surface area contributed by atoms with Crippen molar-refractivity contribution in [3.05, 3.63) is 65.5 Å². The van der Waals surface area contributed by atoms with Gasteiger partial charge in [-0.1, -0.05) is 42.1 Å². The van der Waals surface area contributed by atoms with Gasteiger partial charge in [0.05, 0.1) is 18.0 Å². The lowest BCUT2D eigenvalue weighted by Gasteiger charge is -2.32. The van der Waals surface area contributed by atoms with E-state index in [1.54, 1.807) is 0 Å². The van der Waals surface area contributed by atoms with E-state index in [-0.39, 0.29) is 5.95 Å². The number of nitrogen functional groups attached to an aromatic ring is 1. The number of rotatable bonds is 4. The Bertz CT molecular complexity index is 1020. The number of fused-ring (bicyclic) bond motifs is 1. The number of aliphatic imine (C=N–C) groups is 1. The fourth-order valence-electron chi connectivity index (χ4n) is 3.14. The van der Waals surface area contributed by atoms with E-state index in [2.05, 4.69) is 76.2 Å². The SMILES string of the molecule is Cc1ccccc1N1Cc2c(C)cccc2N=C1CSc1ncnc(N)n1. The summed E-state index contributed by atoms with van der Waals surface area (Å²) >= 11 is 1.51. The number of aryl methyl sites for hydroxylation is 2. The molecule has 0 fully saturated rings. The van der Waals surface area contributed by atoms with Gasteiger partial charge in [-0.3, -0.25) is 0 Å². The Morgan fingerprint density at radius 3 is 2.67 bits per heavy atom. The summed E-state index contributed by atoms with van der Waals surface area (Å²) in [7, 11) is 0. The number of aromatic nitrogens is 3. The zero-order valence-corrected chi connectivity index (χ0v) is 16.1. The number of nitrogens with zero attached hydrogens (tertiary/aromatic N) is 5. The largest absolute Gasteiger partial charge is 0.368 e. The maximum Gasteiger partial charge on any atom is 0.223 e. The molecule has 2 heterocycles. The first-order chi connectivity index (χ1) is 13.1. The van der Waals surface area contributed by atoms with Crippen molar-refractivity contribution in [3.8, 4) is 0 Å². The first-order valence-corrected chi connectivity index (χ1v) is 9.67. The van der Waals surface area contributed by atoms with E-state index in [9.17, 15) is 0 Å². The summed E-state index contributed by atoms with van der Waals surface area (Å²) in [6.45, 7) is 5.06. The van der Waals surface area contributed by atoms with Crippen LogP contribution in [0.15, 0.2) is 58.9 Å². The molecule has 0 saturated heterocycles. The van der Waals surface area contributed by atoms with Gasteiger partial charge < -0.3 is 10.6 Å². The van der Waals surface area contributed by atoms with Gasteiger partial charge in [-0.05, 0) is 37.1 Å². The Labute approximate surface area is 162 Å². The fraction of sp³-hybridized carbons (Fsp3) is 0.200. The van der Waals surface area contributed by atoms with Crippen LogP contribution >= 0.6 is 11.8 Å². The van der Waals surface area contributed by atoms with Crippen molar-refractivity contribution in [2.24, 2.45) is 4.99 Å². The van der Waals surface area contributed by atoms with Gasteiger partial charge in [-0.25, -0.2) is 15.0 Å². The highest BCUT2D eigenvalue weighted by Crippen LogP contribution is 2.34. The number of hydrogen-bond donors (Lipinski definition) is 1. The molecule has 0 radical (unpaired) electrons. The predicted molar refractivity (Wildman–Crippen MR) is 111 cm³/mol. The minimum absolute atomic E-state index is 0.231. The van der Waals surface area contributed by atoms with E-state index < -0.39 is 0 Å². The molecule has 0 amide bonds. The fourth-order valence-corrected chi connectivity index (χ4v) is 3.90. The van der Waals surface area contributed by atoms with Crippen molar-refractivity contribution in [1.82, 2.24) is 15.0 Å². The van der Waals surface area contributed by atoms with Gasteiger partial charge in [-0.15, -0.1) is 0 Å². The molecule has 136 valence electrons. The standard InChI is InChI=1S/C20H20N6S/c1-13-7-5-8-16-15(13)10-26(17-9-4-3-6-14(17)2)18(24-16)11-27-20-23-12-22-19(21)25-20/h3-9,12H,10-11H2,1-2H3,(H2,21,22,23,25). The third-order valence-electron chi connectivity index (χ3n) is 4.57. The van der Waals surface area contributed by atoms with Crippen LogP contribution in [-0.2, 0) is 6.54 Å². The molecule has 0 saturated carbocycles. The number of benzene rings is 2. The van der Waals surface area contributed by atoms with E-state index in [1.807, 2.05) is 0 Å². The van der Waals surface area contributed by atoms with E-state index >= 15 is 0 Å². The summed E-state index contributed by atoms with van der Waals surface area (Å²) in [5.74, 6) is 1.85. The molecule has 0 unspecified atom stereocenters. The molecule has 0 spiro atoms. The second-order valence-electron chi connectivity index (χ2n) is 6.39. The summed E-state index contributed by atoms with van der Waals surface area (Å²) in [5.41, 5.74) is 11.6. The minimum Gasteiger partial charge on any atom is -0.368 e. The molecule has 1 aromatic heterocycles. The molecule has 1 aliphatic rings. The Morgan fingerprint density at radius 1 is 1.04 bits per heavy atom. The normalized spacial score (nSPS) is 13.3. The molecule has 7 heteroatoms. The van der Waals surface area contributed by atoms with Crippen molar-refractivity contribution in [2.45, 2.75) is 25.5 Å². The maximum absolute atomic E-state index is 5.67. The van der Waals surface area contributed by atoms with Gasteiger partial charge in [0.2, 0.25) is 5.95 Å². The van der Waals surface area contributed by atoms with Crippen LogP contribution in [0, 0.1) is 13.8 Å². The highest BCUT2D eigenvalue weighted by molar-refractivity contribution is 7.99. The smallest absolute Gasteiger partial charge is 0.223 e. The highest BCUT2D eigenvalue weighted by Gasteiger charge is 2.23. The summed E-state index contributed by atoms with van der Waals surface area (Å²) in [6.07, 6.45) is 1.44. The molecular formula is C20H20N6S. The van der Waals surface area contributed by atoms with E-state index in [0.29, 0.717) is 10.9 Å². The van der Waals surface area contributed by atoms with Crippen LogP contribution in [0.2, 0.25) is 0 Å². The average Bonchev–Trinajstić information content (AvgIpc) is 2.67. The zero-order chi connectivity index (χ0) is 18.8. The topological polar surface area (TPSA) is 80.3 Å². The lowest BCUT2D eigenvalue weighted by molar-refractivity contribution is 0.916. The molecule has 0 aliphatic carbocycles. The molecular weight excluding hydrogens is 356 g/mol. The molecule has 27 heavy (non-hydrogen) atoms. The molecule has 3 aromatic rings. The van der Waals surface area contributed by atoms with E-state index in [1.165, 1.54) is 40.5 Å². The molecule has 6 nitrogen and oxygen atoms in total. The Balaban J connectivity index is 1.70. The summed E-state index contributed by atoms with van der Waals surface area (Å²) in [4.78, 5) is 19.5. The van der Waals surface area contributed by atoms with Crippen LogP contribution in [0.4, 0.5) is 17.3 Å². The van der Waals surface area contributed by atoms with Gasteiger partial charge in [0.1, 0.15) is 12.2 Å². The van der Waals surface area contributed by atoms with Crippen LogP contribution in [0.1, 0.15) is 16.7 Å². The Morgan fingerprint density at radius 2 is 1.85 bits per heavy atom. The quantitative estimate of drug-likeness (QED) is 0.695. The van der Waals surface area contributed by atoms with Crippen molar-refractivity contribution in [2.75, 3.05) is 16.4 Å². The monoisotopic (exact) mass is 376 g/mol. The number of thioether (sulfide) groups is 1. The molecule has 2 aromatic carbocycles. The third kappa shape index (κ3) is 3.64. The van der Waals surface area contributed by atoms with Crippen molar-refractivity contribution in [1.29, 1.82) is 0 Å². The van der Waals surface area contributed by atoms with Crippen molar-refractivity contribution < 1.29 is 0 Å². The number of anilines is 2. The van der Waals surface area contributed by atoms with Gasteiger partial charge in [0.25, 0.3) is 0 Å². The van der Waals surface area contributed by atoms with Crippen LogP contribution in [0.3, 0.4) is 0 Å². The molecule has 4 rings (SSSR count). The molecule has 0 bridgehead atoms. The number of nitrogens with two attached hydrogens (primary N) is 1. The van der Waals surface area contributed by atoms with Crippen LogP contribution in [0.5, 0.6) is 0 Å². The Kier molecular flexibility index (Phi) is 4.77. The molecule has 1 aliphatic heterocycles. The van der Waals surface area contributed by atoms with Crippen LogP contribution < -0.4 is 10.6 Å². The predicted octanol–water partition coefficient (Wildman–Crippen LogP) is 3.91. The third-order valence-corrected chi connectivity index (χ3v) is 5.43. The first-order valence-electron chi connectivity index (χ1n) is 8.68. The van der Waals surface area contributed by atoms with Gasteiger partial charge in [0.15, 0.2) is 5.16 Å². The Hall–Kier alpha value is -2.93. The van der Waals surface area contributed by atoms with E-state index in [0.717, 1.165) is 18.1 Å². The summed E-state index contributed by atoms with van der Waals surface area (Å²) in [6, 6.07) is 14.6. The number of para-hydroxylation sites is 1. The lowest BCUT2D eigenvalue weighted by atomic mass is 10.0. The summed E-state index contributed by atoms with van der Waals surface area (Å²) < 4.78 is 0. The number of amidine groups is 1. The van der Waals surface area contributed by atoms with Crippen molar-refractivity contribution >= 4 is 34.9 Å². The van der Waals surface area contributed by atoms with Gasteiger partial charge in [-0.2, -0.15) is 4.98 Å².